The molecule has 20 heavy (non-hydrogen) atoms. The fourth-order valence-electron chi connectivity index (χ4n) is 1.79. The molecule has 4 nitrogen and oxygen atoms in total. The average molecular weight is 344 g/mol. The van der Waals surface area contributed by atoms with E-state index < -0.39 is 11.7 Å². The van der Waals surface area contributed by atoms with Crippen LogP contribution in [0.2, 0.25) is 0 Å². The van der Waals surface area contributed by atoms with Gasteiger partial charge in [-0.25, -0.2) is 4.79 Å². The van der Waals surface area contributed by atoms with Gasteiger partial charge in [-0.1, -0.05) is 35.0 Å². The second-order valence-electron chi connectivity index (χ2n) is 5.84. The number of aliphatic hydroxyl groups excluding tert-OH is 1. The van der Waals surface area contributed by atoms with E-state index in [4.69, 9.17) is 4.74 Å². The summed E-state index contributed by atoms with van der Waals surface area (Å²) in [6.07, 6.45) is -0.484. The minimum absolute atomic E-state index is 0.0209. The van der Waals surface area contributed by atoms with Crippen molar-refractivity contribution in [1.82, 2.24) is 5.32 Å². The van der Waals surface area contributed by atoms with Gasteiger partial charge in [0.05, 0.1) is 6.04 Å². The first kappa shape index (κ1) is 17.0. The van der Waals surface area contributed by atoms with E-state index in [-0.39, 0.29) is 18.6 Å². The van der Waals surface area contributed by atoms with Gasteiger partial charge >= 0.3 is 6.09 Å². The summed E-state index contributed by atoms with van der Waals surface area (Å²) in [5, 5.41) is 12.2. The van der Waals surface area contributed by atoms with Gasteiger partial charge in [0, 0.05) is 17.0 Å². The molecule has 2 N–H and O–H groups in total. The molecule has 1 aromatic rings. The summed E-state index contributed by atoms with van der Waals surface area (Å²) in [7, 11) is 0. The number of alkyl carbamates (subject to hydrolysis) is 1. The summed E-state index contributed by atoms with van der Waals surface area (Å²) in [6.45, 7) is 7.30. The number of aliphatic hydroxyl groups is 1. The quantitative estimate of drug-likeness (QED) is 0.877. The summed E-state index contributed by atoms with van der Waals surface area (Å²) >= 11 is 3.41. The maximum atomic E-state index is 11.9. The lowest BCUT2D eigenvalue weighted by atomic mass is 9.95. The number of carbonyl (C=O) groups excluding carboxylic acids is 1. The molecule has 2 atom stereocenters. The van der Waals surface area contributed by atoms with Crippen LogP contribution in [-0.2, 0) is 4.74 Å². The Balaban J connectivity index is 2.88. The monoisotopic (exact) mass is 343 g/mol. The molecule has 0 aliphatic heterocycles. The SMILES string of the molecule is C[C@H](CO)[C@H](NC(=O)OC(C)(C)C)c1cccc(Br)c1. The van der Waals surface area contributed by atoms with Gasteiger partial charge in [-0.15, -0.1) is 0 Å². The Hall–Kier alpha value is -1.07. The maximum absolute atomic E-state index is 11.9. The number of nitrogens with one attached hydrogen (secondary N) is 1. The van der Waals surface area contributed by atoms with Crippen molar-refractivity contribution in [2.45, 2.75) is 39.3 Å². The van der Waals surface area contributed by atoms with E-state index in [1.54, 1.807) is 0 Å². The predicted octanol–water partition coefficient (Wildman–Crippen LogP) is 3.64. The third-order valence-corrected chi connectivity index (χ3v) is 3.23. The molecule has 5 heteroatoms. The fourth-order valence-corrected chi connectivity index (χ4v) is 2.21. The maximum Gasteiger partial charge on any atom is 0.408 e. The van der Waals surface area contributed by atoms with Gasteiger partial charge in [0.1, 0.15) is 5.60 Å². The second-order valence-corrected chi connectivity index (χ2v) is 6.75. The van der Waals surface area contributed by atoms with Crippen LogP contribution in [0.25, 0.3) is 0 Å². The molecule has 1 amide bonds. The summed E-state index contributed by atoms with van der Waals surface area (Å²) in [5.74, 6) is -0.114. The Morgan fingerprint density at radius 1 is 1.45 bits per heavy atom. The van der Waals surface area contributed by atoms with Crippen molar-refractivity contribution >= 4 is 22.0 Å². The molecule has 1 aromatic carbocycles. The Bertz CT molecular complexity index is 457. The molecule has 0 bridgehead atoms. The Kier molecular flexibility index (Phi) is 6.02. The van der Waals surface area contributed by atoms with Crippen LogP contribution in [0.4, 0.5) is 4.79 Å². The molecule has 0 unspecified atom stereocenters. The average Bonchev–Trinajstić information content (AvgIpc) is 2.33. The molecule has 0 saturated heterocycles. The predicted molar refractivity (Wildman–Crippen MR) is 82.5 cm³/mol. The molecule has 0 radical (unpaired) electrons. The van der Waals surface area contributed by atoms with E-state index >= 15 is 0 Å². The number of carbonyl (C=O) groups is 1. The van der Waals surface area contributed by atoms with Gasteiger partial charge in [0.2, 0.25) is 0 Å². The van der Waals surface area contributed by atoms with Crippen molar-refractivity contribution in [3.63, 3.8) is 0 Å². The Labute approximate surface area is 128 Å². The van der Waals surface area contributed by atoms with Crippen LogP contribution < -0.4 is 5.32 Å². The third kappa shape index (κ3) is 5.51. The molecular weight excluding hydrogens is 322 g/mol. The van der Waals surface area contributed by atoms with Gasteiger partial charge in [-0.05, 0) is 38.5 Å². The van der Waals surface area contributed by atoms with Crippen molar-refractivity contribution < 1.29 is 14.6 Å². The molecule has 0 heterocycles. The van der Waals surface area contributed by atoms with E-state index in [1.807, 2.05) is 52.0 Å². The molecule has 112 valence electrons. The van der Waals surface area contributed by atoms with Crippen molar-refractivity contribution in [3.05, 3.63) is 34.3 Å². The summed E-state index contributed by atoms with van der Waals surface area (Å²) in [6, 6.07) is 7.35. The van der Waals surface area contributed by atoms with Crippen LogP contribution in [-0.4, -0.2) is 23.4 Å². The normalized spacial score (nSPS) is 14.5. The zero-order valence-electron chi connectivity index (χ0n) is 12.3. The van der Waals surface area contributed by atoms with E-state index in [1.165, 1.54) is 0 Å². The first-order valence-corrected chi connectivity index (χ1v) is 7.38. The van der Waals surface area contributed by atoms with Crippen LogP contribution in [0.15, 0.2) is 28.7 Å². The fraction of sp³-hybridized carbons (Fsp3) is 0.533. The highest BCUT2D eigenvalue weighted by molar-refractivity contribution is 9.10. The van der Waals surface area contributed by atoms with Gasteiger partial charge in [-0.2, -0.15) is 0 Å². The zero-order valence-corrected chi connectivity index (χ0v) is 13.9. The zero-order chi connectivity index (χ0) is 15.3. The number of benzene rings is 1. The number of ether oxygens (including phenoxy) is 1. The number of halogens is 1. The smallest absolute Gasteiger partial charge is 0.408 e. The van der Waals surface area contributed by atoms with Gasteiger partial charge in [0.15, 0.2) is 0 Å². The van der Waals surface area contributed by atoms with E-state index in [9.17, 15) is 9.90 Å². The Morgan fingerprint density at radius 2 is 2.10 bits per heavy atom. The summed E-state index contributed by atoms with van der Waals surface area (Å²) in [5.41, 5.74) is 0.376. The molecule has 0 aromatic heterocycles. The number of hydrogen-bond donors (Lipinski definition) is 2. The standard InChI is InChI=1S/C15H22BrNO3/c1-10(9-18)13(11-6-5-7-12(16)8-11)17-14(19)20-15(2,3)4/h5-8,10,13,18H,9H2,1-4H3,(H,17,19)/t10-,13+/m1/s1. The van der Waals surface area contributed by atoms with Crippen molar-refractivity contribution in [2.75, 3.05) is 6.61 Å². The van der Waals surface area contributed by atoms with Crippen LogP contribution in [0.1, 0.15) is 39.3 Å². The van der Waals surface area contributed by atoms with E-state index in [0.717, 1.165) is 10.0 Å². The van der Waals surface area contributed by atoms with Gasteiger partial charge in [-0.3, -0.25) is 0 Å². The topological polar surface area (TPSA) is 58.6 Å². The molecule has 0 spiro atoms. The number of amides is 1. The summed E-state index contributed by atoms with van der Waals surface area (Å²) < 4.78 is 6.20. The first-order chi connectivity index (χ1) is 9.23. The van der Waals surface area contributed by atoms with Crippen LogP contribution in [0, 0.1) is 5.92 Å². The minimum atomic E-state index is -0.547. The largest absolute Gasteiger partial charge is 0.444 e. The van der Waals surface area contributed by atoms with E-state index in [2.05, 4.69) is 21.2 Å². The van der Waals surface area contributed by atoms with Gasteiger partial charge < -0.3 is 15.2 Å². The van der Waals surface area contributed by atoms with Crippen molar-refractivity contribution in [1.29, 1.82) is 0 Å². The highest BCUT2D eigenvalue weighted by Crippen LogP contribution is 2.25. The molecule has 0 aliphatic rings. The molecule has 0 saturated carbocycles. The molecule has 0 fully saturated rings. The molecule has 1 rings (SSSR count). The number of rotatable bonds is 4. The first-order valence-electron chi connectivity index (χ1n) is 6.59. The second kappa shape index (κ2) is 7.09. The Morgan fingerprint density at radius 3 is 2.60 bits per heavy atom. The van der Waals surface area contributed by atoms with Crippen molar-refractivity contribution in [2.24, 2.45) is 5.92 Å². The summed E-state index contributed by atoms with van der Waals surface area (Å²) in [4.78, 5) is 11.9. The highest BCUT2D eigenvalue weighted by atomic mass is 79.9. The third-order valence-electron chi connectivity index (χ3n) is 2.74. The lowest BCUT2D eigenvalue weighted by Gasteiger charge is -2.27. The van der Waals surface area contributed by atoms with Gasteiger partial charge in [0.25, 0.3) is 0 Å². The highest BCUT2D eigenvalue weighted by Gasteiger charge is 2.24. The lowest BCUT2D eigenvalue weighted by molar-refractivity contribution is 0.0474. The molecular formula is C15H22BrNO3. The lowest BCUT2D eigenvalue weighted by Crippen LogP contribution is -2.38. The van der Waals surface area contributed by atoms with Crippen LogP contribution in [0.3, 0.4) is 0 Å². The van der Waals surface area contributed by atoms with Crippen LogP contribution >= 0.6 is 15.9 Å². The molecule has 0 aliphatic carbocycles. The number of hydrogen-bond acceptors (Lipinski definition) is 3. The van der Waals surface area contributed by atoms with E-state index in [0.29, 0.717) is 0 Å². The van der Waals surface area contributed by atoms with Crippen molar-refractivity contribution in [3.8, 4) is 0 Å². The minimum Gasteiger partial charge on any atom is -0.444 e. The van der Waals surface area contributed by atoms with Crippen LogP contribution in [0.5, 0.6) is 0 Å².